The van der Waals surface area contributed by atoms with Crippen molar-refractivity contribution in [1.29, 1.82) is 0 Å². The van der Waals surface area contributed by atoms with Crippen molar-refractivity contribution >= 4 is 5.69 Å². The summed E-state index contributed by atoms with van der Waals surface area (Å²) in [6.45, 7) is 11.8. The average Bonchev–Trinajstić information content (AvgIpc) is 2.51. The Balaban J connectivity index is 2.49. The van der Waals surface area contributed by atoms with E-state index in [1.807, 2.05) is 0 Å². The van der Waals surface area contributed by atoms with Gasteiger partial charge in [-0.2, -0.15) is 0 Å². The minimum Gasteiger partial charge on any atom is -0.394 e. The molecule has 0 aliphatic carbocycles. The molecular formula is C18H32N2O. The van der Waals surface area contributed by atoms with Crippen molar-refractivity contribution < 1.29 is 5.11 Å². The van der Waals surface area contributed by atoms with E-state index in [0.717, 1.165) is 38.9 Å². The molecule has 1 aromatic carbocycles. The maximum absolute atomic E-state index is 9.61. The van der Waals surface area contributed by atoms with Gasteiger partial charge in [0, 0.05) is 24.3 Å². The summed E-state index contributed by atoms with van der Waals surface area (Å²) in [5.74, 6) is 0. The van der Waals surface area contributed by atoms with Crippen LogP contribution in [0.3, 0.4) is 0 Å². The predicted octanol–water partition coefficient (Wildman–Crippen LogP) is 3.35. The molecule has 1 aromatic rings. The number of hydrogen-bond acceptors (Lipinski definition) is 3. The summed E-state index contributed by atoms with van der Waals surface area (Å²) in [6, 6.07) is 8.72. The van der Waals surface area contributed by atoms with Gasteiger partial charge in [-0.25, -0.2) is 0 Å². The first-order chi connectivity index (χ1) is 10.0. The number of nitrogens with zero attached hydrogens (tertiary/aromatic N) is 1. The molecule has 1 rings (SSSR count). The minimum atomic E-state index is -0.150. The van der Waals surface area contributed by atoms with Crippen molar-refractivity contribution in [3.8, 4) is 0 Å². The topological polar surface area (TPSA) is 35.5 Å². The quantitative estimate of drug-likeness (QED) is 0.694. The highest BCUT2D eigenvalue weighted by Crippen LogP contribution is 2.18. The van der Waals surface area contributed by atoms with Crippen LogP contribution in [0.2, 0.25) is 0 Å². The van der Waals surface area contributed by atoms with Gasteiger partial charge < -0.3 is 15.3 Å². The molecule has 21 heavy (non-hydrogen) atoms. The van der Waals surface area contributed by atoms with Crippen LogP contribution in [-0.2, 0) is 0 Å². The zero-order valence-electron chi connectivity index (χ0n) is 14.2. The van der Waals surface area contributed by atoms with Gasteiger partial charge in [0.15, 0.2) is 0 Å². The van der Waals surface area contributed by atoms with E-state index < -0.39 is 0 Å². The number of rotatable bonds is 10. The van der Waals surface area contributed by atoms with Crippen LogP contribution >= 0.6 is 0 Å². The van der Waals surface area contributed by atoms with Crippen LogP contribution in [-0.4, -0.2) is 36.9 Å². The summed E-state index contributed by atoms with van der Waals surface area (Å²) in [5.41, 5.74) is 2.43. The second-order valence-corrected chi connectivity index (χ2v) is 6.16. The van der Waals surface area contributed by atoms with E-state index >= 15 is 0 Å². The lowest BCUT2D eigenvalue weighted by molar-refractivity contribution is 0.164. The minimum absolute atomic E-state index is 0.150. The largest absolute Gasteiger partial charge is 0.394 e. The van der Waals surface area contributed by atoms with E-state index in [1.54, 1.807) is 0 Å². The molecule has 0 aliphatic heterocycles. The normalized spacial score (nSPS) is 14.0. The Bertz CT molecular complexity index is 391. The smallest absolute Gasteiger partial charge is 0.0610 e. The van der Waals surface area contributed by atoms with Gasteiger partial charge in [-0.05, 0) is 58.7 Å². The zero-order chi connectivity index (χ0) is 15.7. The van der Waals surface area contributed by atoms with Gasteiger partial charge in [-0.1, -0.05) is 24.6 Å². The fourth-order valence-electron chi connectivity index (χ4n) is 2.54. The number of aliphatic hydroxyl groups excluding tert-OH is 1. The molecule has 0 bridgehead atoms. The summed E-state index contributed by atoms with van der Waals surface area (Å²) in [7, 11) is 0. The summed E-state index contributed by atoms with van der Waals surface area (Å²) < 4.78 is 0. The van der Waals surface area contributed by atoms with Crippen molar-refractivity contribution in [2.45, 2.75) is 52.5 Å². The summed E-state index contributed by atoms with van der Waals surface area (Å²) >= 11 is 0. The third-order valence-corrected chi connectivity index (χ3v) is 4.09. The van der Waals surface area contributed by atoms with Crippen molar-refractivity contribution in [1.82, 2.24) is 5.32 Å². The van der Waals surface area contributed by atoms with Crippen molar-refractivity contribution in [2.75, 3.05) is 31.1 Å². The number of aliphatic hydroxyl groups is 1. The highest BCUT2D eigenvalue weighted by Gasteiger charge is 2.21. The Morgan fingerprint density at radius 2 is 1.86 bits per heavy atom. The molecule has 0 aliphatic rings. The van der Waals surface area contributed by atoms with Gasteiger partial charge in [-0.15, -0.1) is 0 Å². The first kappa shape index (κ1) is 18.0. The summed E-state index contributed by atoms with van der Waals surface area (Å²) in [6.07, 6.45) is 3.17. The number of aryl methyl sites for hydroxylation is 1. The molecule has 0 fully saturated rings. The van der Waals surface area contributed by atoms with Crippen LogP contribution in [0.25, 0.3) is 0 Å². The maximum atomic E-state index is 9.61. The number of hydrogen-bond donors (Lipinski definition) is 2. The number of anilines is 1. The standard InChI is InChI=1S/C18H32N2O/c1-5-13-19-18(4,15-21)12-7-14-20(6-2)17-10-8-16(3)9-11-17/h8-11,19,21H,5-7,12-15H2,1-4H3. The monoisotopic (exact) mass is 292 g/mol. The fourth-order valence-corrected chi connectivity index (χ4v) is 2.54. The molecule has 0 aromatic heterocycles. The van der Waals surface area contributed by atoms with Crippen LogP contribution in [0, 0.1) is 6.92 Å². The van der Waals surface area contributed by atoms with Crippen LogP contribution in [0.4, 0.5) is 5.69 Å². The molecule has 1 unspecified atom stereocenters. The Labute approximate surface area is 130 Å². The molecule has 120 valence electrons. The molecule has 2 N–H and O–H groups in total. The molecule has 0 saturated heterocycles. The summed E-state index contributed by atoms with van der Waals surface area (Å²) in [4.78, 5) is 2.40. The van der Waals surface area contributed by atoms with E-state index in [1.165, 1.54) is 11.3 Å². The predicted molar refractivity (Wildman–Crippen MR) is 92.1 cm³/mol. The molecule has 3 nitrogen and oxygen atoms in total. The lowest BCUT2D eigenvalue weighted by Gasteiger charge is -2.31. The first-order valence-corrected chi connectivity index (χ1v) is 8.22. The van der Waals surface area contributed by atoms with Crippen LogP contribution < -0.4 is 10.2 Å². The lowest BCUT2D eigenvalue weighted by atomic mass is 9.96. The lowest BCUT2D eigenvalue weighted by Crippen LogP contribution is -2.46. The molecule has 0 heterocycles. The number of nitrogens with one attached hydrogen (secondary N) is 1. The second kappa shape index (κ2) is 9.06. The Hall–Kier alpha value is -1.06. The highest BCUT2D eigenvalue weighted by atomic mass is 16.3. The van der Waals surface area contributed by atoms with Crippen molar-refractivity contribution in [3.63, 3.8) is 0 Å². The van der Waals surface area contributed by atoms with E-state index in [4.69, 9.17) is 0 Å². The van der Waals surface area contributed by atoms with Crippen LogP contribution in [0.15, 0.2) is 24.3 Å². The molecule has 3 heteroatoms. The van der Waals surface area contributed by atoms with Crippen LogP contribution in [0.5, 0.6) is 0 Å². The molecule has 0 amide bonds. The van der Waals surface area contributed by atoms with Gasteiger partial charge in [0.05, 0.1) is 6.61 Å². The summed E-state index contributed by atoms with van der Waals surface area (Å²) in [5, 5.41) is 13.1. The van der Waals surface area contributed by atoms with Crippen LogP contribution in [0.1, 0.15) is 45.6 Å². The number of benzene rings is 1. The maximum Gasteiger partial charge on any atom is 0.0610 e. The van der Waals surface area contributed by atoms with E-state index in [9.17, 15) is 5.11 Å². The molecule has 0 spiro atoms. The third kappa shape index (κ3) is 6.06. The third-order valence-electron chi connectivity index (χ3n) is 4.09. The average molecular weight is 292 g/mol. The Morgan fingerprint density at radius 1 is 1.19 bits per heavy atom. The van der Waals surface area contributed by atoms with Crippen molar-refractivity contribution in [3.05, 3.63) is 29.8 Å². The van der Waals surface area contributed by atoms with Gasteiger partial charge >= 0.3 is 0 Å². The van der Waals surface area contributed by atoms with E-state index in [-0.39, 0.29) is 12.1 Å². The second-order valence-electron chi connectivity index (χ2n) is 6.16. The van der Waals surface area contributed by atoms with E-state index in [0.29, 0.717) is 0 Å². The molecular weight excluding hydrogens is 260 g/mol. The van der Waals surface area contributed by atoms with Crippen molar-refractivity contribution in [2.24, 2.45) is 0 Å². The van der Waals surface area contributed by atoms with Gasteiger partial charge in [0.2, 0.25) is 0 Å². The first-order valence-electron chi connectivity index (χ1n) is 8.22. The fraction of sp³-hybridized carbons (Fsp3) is 0.667. The Kier molecular flexibility index (Phi) is 7.76. The van der Waals surface area contributed by atoms with Gasteiger partial charge in [-0.3, -0.25) is 0 Å². The zero-order valence-corrected chi connectivity index (χ0v) is 14.2. The SMILES string of the molecule is CCCNC(C)(CO)CCCN(CC)c1ccc(C)cc1. The van der Waals surface area contributed by atoms with Gasteiger partial charge in [0.1, 0.15) is 0 Å². The highest BCUT2D eigenvalue weighted by molar-refractivity contribution is 5.47. The molecule has 0 saturated carbocycles. The molecule has 1 atom stereocenters. The van der Waals surface area contributed by atoms with Gasteiger partial charge in [0.25, 0.3) is 0 Å². The Morgan fingerprint density at radius 3 is 2.38 bits per heavy atom. The van der Waals surface area contributed by atoms with E-state index in [2.05, 4.69) is 62.2 Å². The molecule has 0 radical (unpaired) electrons.